The summed E-state index contributed by atoms with van der Waals surface area (Å²) in [6.45, 7) is 0.548. The van der Waals surface area contributed by atoms with Crippen LogP contribution in [0.1, 0.15) is 12.8 Å². The predicted molar refractivity (Wildman–Crippen MR) is 116 cm³/mol. The second kappa shape index (κ2) is 8.39. The molecular formula is C19H20N4O3S3. The number of sulfonamides is 1. The average Bonchev–Trinajstić information content (AvgIpc) is 3.22. The summed E-state index contributed by atoms with van der Waals surface area (Å²) in [6, 6.07) is 12.6. The van der Waals surface area contributed by atoms with Crippen LogP contribution in [0.4, 0.5) is 5.69 Å². The minimum absolute atomic E-state index is 0.150. The molecule has 4 rings (SSSR count). The van der Waals surface area contributed by atoms with Gasteiger partial charge in [-0.05, 0) is 49.4 Å². The van der Waals surface area contributed by atoms with E-state index < -0.39 is 15.9 Å². The Hall–Kier alpha value is -2.01. The number of nitrogens with one attached hydrogen (secondary N) is 1. The van der Waals surface area contributed by atoms with Crippen molar-refractivity contribution < 1.29 is 13.2 Å². The van der Waals surface area contributed by atoms with Gasteiger partial charge in [-0.3, -0.25) is 4.79 Å². The molecule has 1 amide bonds. The zero-order chi connectivity index (χ0) is 20.4. The quantitative estimate of drug-likeness (QED) is 0.601. The second-order valence-electron chi connectivity index (χ2n) is 6.81. The van der Waals surface area contributed by atoms with Crippen LogP contribution in [-0.2, 0) is 14.8 Å². The minimum Gasteiger partial charge on any atom is -0.326 e. The average molecular weight is 449 g/mol. The van der Waals surface area contributed by atoms with Gasteiger partial charge in [0.2, 0.25) is 15.9 Å². The summed E-state index contributed by atoms with van der Waals surface area (Å²) in [4.78, 5) is 14.0. The van der Waals surface area contributed by atoms with Crippen molar-refractivity contribution in [1.82, 2.24) is 13.1 Å². The predicted octanol–water partition coefficient (Wildman–Crippen LogP) is 3.45. The summed E-state index contributed by atoms with van der Waals surface area (Å²) >= 11 is 2.59. The molecule has 10 heteroatoms. The SMILES string of the molecule is CSc1cccc(NC(=O)[C@H]2CCCN(S(=O)(=O)c3cccc4nsnc34)C2)c1. The standard InChI is InChI=1S/C19H20N4O3S3/c1-27-15-7-2-6-14(11-15)20-19(24)13-5-4-10-23(12-13)29(25,26)17-9-3-8-16-18(17)22-28-21-16/h2-3,6-9,11,13H,4-5,10,12H2,1H3,(H,20,24)/t13-/m0/s1. The number of aromatic nitrogens is 2. The number of amides is 1. The molecule has 2 aromatic carbocycles. The molecule has 0 radical (unpaired) electrons. The van der Waals surface area contributed by atoms with Crippen molar-refractivity contribution >= 4 is 56.1 Å². The lowest BCUT2D eigenvalue weighted by molar-refractivity contribution is -0.120. The zero-order valence-electron chi connectivity index (χ0n) is 15.7. The van der Waals surface area contributed by atoms with Gasteiger partial charge in [-0.15, -0.1) is 11.8 Å². The number of benzene rings is 2. The largest absolute Gasteiger partial charge is 0.326 e. The Bertz CT molecular complexity index is 1150. The summed E-state index contributed by atoms with van der Waals surface area (Å²) in [5.41, 5.74) is 1.68. The van der Waals surface area contributed by atoms with E-state index in [0.717, 1.165) is 22.3 Å². The number of anilines is 1. The van der Waals surface area contributed by atoms with Crippen LogP contribution in [0.25, 0.3) is 11.0 Å². The van der Waals surface area contributed by atoms with Crippen molar-refractivity contribution in [3.63, 3.8) is 0 Å². The van der Waals surface area contributed by atoms with Crippen molar-refractivity contribution in [3.8, 4) is 0 Å². The van der Waals surface area contributed by atoms with Crippen molar-refractivity contribution in [3.05, 3.63) is 42.5 Å². The summed E-state index contributed by atoms with van der Waals surface area (Å²) in [7, 11) is -3.75. The number of nitrogens with zero attached hydrogens (tertiary/aromatic N) is 3. The molecule has 7 nitrogen and oxygen atoms in total. The van der Waals surface area contributed by atoms with Crippen molar-refractivity contribution in [2.24, 2.45) is 5.92 Å². The van der Waals surface area contributed by atoms with E-state index in [-0.39, 0.29) is 17.3 Å². The zero-order valence-corrected chi connectivity index (χ0v) is 18.2. The highest BCUT2D eigenvalue weighted by molar-refractivity contribution is 7.98. The topological polar surface area (TPSA) is 92.3 Å². The second-order valence-corrected chi connectivity index (χ2v) is 10.1. The lowest BCUT2D eigenvalue weighted by Gasteiger charge is -2.31. The Morgan fingerprint density at radius 1 is 1.24 bits per heavy atom. The first-order valence-corrected chi connectivity index (χ1v) is 12.5. The maximum absolute atomic E-state index is 13.2. The molecule has 0 unspecified atom stereocenters. The summed E-state index contributed by atoms with van der Waals surface area (Å²) in [6.07, 6.45) is 3.26. The third kappa shape index (κ3) is 4.16. The number of hydrogen-bond acceptors (Lipinski definition) is 7. The van der Waals surface area contributed by atoms with Gasteiger partial charge >= 0.3 is 0 Å². The van der Waals surface area contributed by atoms with Gasteiger partial charge in [0.25, 0.3) is 0 Å². The van der Waals surface area contributed by atoms with E-state index in [0.29, 0.717) is 30.4 Å². The lowest BCUT2D eigenvalue weighted by Crippen LogP contribution is -2.43. The van der Waals surface area contributed by atoms with Gasteiger partial charge in [-0.2, -0.15) is 13.1 Å². The van der Waals surface area contributed by atoms with E-state index in [1.165, 1.54) is 4.31 Å². The first-order chi connectivity index (χ1) is 14.0. The maximum atomic E-state index is 13.2. The van der Waals surface area contributed by atoms with Crippen LogP contribution in [0.3, 0.4) is 0 Å². The molecule has 1 aromatic heterocycles. The Balaban J connectivity index is 1.53. The van der Waals surface area contributed by atoms with Gasteiger partial charge in [-0.1, -0.05) is 12.1 Å². The summed E-state index contributed by atoms with van der Waals surface area (Å²) in [5, 5.41) is 2.93. The number of thioether (sulfide) groups is 1. The molecule has 1 aliphatic heterocycles. The fourth-order valence-corrected chi connectivity index (χ4v) is 6.18. The monoisotopic (exact) mass is 448 g/mol. The van der Waals surface area contributed by atoms with Gasteiger partial charge in [-0.25, -0.2) is 8.42 Å². The lowest BCUT2D eigenvalue weighted by atomic mass is 9.99. The van der Waals surface area contributed by atoms with Crippen LogP contribution in [0.2, 0.25) is 0 Å². The first kappa shape index (κ1) is 20.3. The molecule has 0 saturated carbocycles. The summed E-state index contributed by atoms with van der Waals surface area (Å²) < 4.78 is 36.1. The smallest absolute Gasteiger partial charge is 0.245 e. The highest BCUT2D eigenvalue weighted by Gasteiger charge is 2.34. The molecule has 29 heavy (non-hydrogen) atoms. The molecule has 1 aliphatic rings. The number of hydrogen-bond donors (Lipinski definition) is 1. The molecular weight excluding hydrogens is 428 g/mol. The maximum Gasteiger partial charge on any atom is 0.245 e. The van der Waals surface area contributed by atoms with E-state index in [9.17, 15) is 13.2 Å². The molecule has 152 valence electrons. The number of carbonyl (C=O) groups is 1. The van der Waals surface area contributed by atoms with Gasteiger partial charge in [0, 0.05) is 23.7 Å². The van der Waals surface area contributed by atoms with Gasteiger partial charge in [0.05, 0.1) is 17.6 Å². The van der Waals surface area contributed by atoms with Crippen LogP contribution in [0.5, 0.6) is 0 Å². The number of rotatable bonds is 5. The van der Waals surface area contributed by atoms with Gasteiger partial charge < -0.3 is 5.32 Å². The first-order valence-electron chi connectivity index (χ1n) is 9.15. The molecule has 0 bridgehead atoms. The third-order valence-corrected chi connectivity index (χ3v) is 8.12. The van der Waals surface area contributed by atoms with Gasteiger partial charge in [0.15, 0.2) is 0 Å². The van der Waals surface area contributed by atoms with Gasteiger partial charge in [0.1, 0.15) is 15.9 Å². The number of carbonyl (C=O) groups excluding carboxylic acids is 1. The van der Waals surface area contributed by atoms with Crippen molar-refractivity contribution in [1.29, 1.82) is 0 Å². The normalized spacial score (nSPS) is 18.0. The van der Waals surface area contributed by atoms with Crippen LogP contribution in [-0.4, -0.2) is 46.7 Å². The van der Waals surface area contributed by atoms with Crippen LogP contribution >= 0.6 is 23.5 Å². The van der Waals surface area contributed by atoms with Crippen LogP contribution in [0.15, 0.2) is 52.3 Å². The molecule has 1 N–H and O–H groups in total. The molecule has 1 atom stereocenters. The Labute approximate surface area is 177 Å². The minimum atomic E-state index is -3.75. The van der Waals surface area contributed by atoms with E-state index in [1.807, 2.05) is 30.5 Å². The fraction of sp³-hybridized carbons (Fsp3) is 0.316. The van der Waals surface area contributed by atoms with Crippen molar-refractivity contribution in [2.75, 3.05) is 24.7 Å². The Morgan fingerprint density at radius 2 is 2.07 bits per heavy atom. The fourth-order valence-electron chi connectivity index (χ4n) is 3.45. The van der Waals surface area contributed by atoms with E-state index >= 15 is 0 Å². The Kier molecular flexibility index (Phi) is 5.86. The highest BCUT2D eigenvalue weighted by Crippen LogP contribution is 2.29. The molecule has 1 saturated heterocycles. The number of piperidine rings is 1. The Morgan fingerprint density at radius 3 is 2.90 bits per heavy atom. The molecule has 2 heterocycles. The van der Waals surface area contributed by atoms with E-state index in [4.69, 9.17) is 0 Å². The molecule has 0 spiro atoms. The third-order valence-electron chi connectivity index (χ3n) is 4.96. The van der Waals surface area contributed by atoms with E-state index in [2.05, 4.69) is 14.1 Å². The number of fused-ring (bicyclic) bond motifs is 1. The van der Waals surface area contributed by atoms with Crippen LogP contribution in [0, 0.1) is 5.92 Å². The highest BCUT2D eigenvalue weighted by atomic mass is 32.2. The van der Waals surface area contributed by atoms with Crippen molar-refractivity contribution in [2.45, 2.75) is 22.6 Å². The summed E-state index contributed by atoms with van der Waals surface area (Å²) in [5.74, 6) is -0.555. The van der Waals surface area contributed by atoms with E-state index in [1.54, 1.807) is 30.0 Å². The molecule has 0 aliphatic carbocycles. The molecule has 3 aromatic rings. The molecule has 1 fully saturated rings. The van der Waals surface area contributed by atoms with Crippen LogP contribution < -0.4 is 5.32 Å².